The van der Waals surface area contributed by atoms with Crippen molar-refractivity contribution in [1.82, 2.24) is 14.7 Å². The monoisotopic (exact) mass is 393 g/mol. The van der Waals surface area contributed by atoms with E-state index >= 15 is 0 Å². The van der Waals surface area contributed by atoms with E-state index < -0.39 is 23.4 Å². The van der Waals surface area contributed by atoms with Crippen molar-refractivity contribution >= 4 is 17.2 Å². The molecular weight excluding hydrogens is 379 g/mol. The smallest absolute Gasteiger partial charge is 0.418 e. The van der Waals surface area contributed by atoms with Crippen molar-refractivity contribution in [3.63, 3.8) is 0 Å². The fraction of sp³-hybridized carbons (Fsp3) is 0.222. The zero-order valence-corrected chi connectivity index (χ0v) is 14.7. The number of aromatic hydroxyl groups is 1. The van der Waals surface area contributed by atoms with E-state index in [-0.39, 0.29) is 11.4 Å². The molecule has 0 saturated carbocycles. The molecule has 0 saturated heterocycles. The third-order valence-electron chi connectivity index (χ3n) is 4.45. The van der Waals surface area contributed by atoms with E-state index in [9.17, 15) is 23.1 Å². The van der Waals surface area contributed by atoms with Crippen LogP contribution in [-0.2, 0) is 19.1 Å². The second kappa shape index (κ2) is 6.41. The summed E-state index contributed by atoms with van der Waals surface area (Å²) in [5, 5.41) is 16.0. The summed E-state index contributed by atoms with van der Waals surface area (Å²) in [6.07, 6.45) is -2.85. The van der Waals surface area contributed by atoms with Gasteiger partial charge in [-0.2, -0.15) is 18.3 Å². The lowest BCUT2D eigenvalue weighted by molar-refractivity contribution is -0.137. The van der Waals surface area contributed by atoms with E-state index in [0.717, 1.165) is 22.5 Å². The van der Waals surface area contributed by atoms with E-state index in [4.69, 9.17) is 0 Å². The minimum Gasteiger partial charge on any atom is -0.504 e. The van der Waals surface area contributed by atoms with Crippen LogP contribution in [0.4, 0.5) is 13.2 Å². The fourth-order valence-corrected chi connectivity index (χ4v) is 4.01. The Morgan fingerprint density at radius 2 is 2.00 bits per heavy atom. The van der Waals surface area contributed by atoms with E-state index in [0.29, 0.717) is 19.5 Å². The molecule has 0 fully saturated rings. The van der Waals surface area contributed by atoms with Gasteiger partial charge in [0, 0.05) is 18.0 Å². The third-order valence-corrected chi connectivity index (χ3v) is 5.47. The molecule has 3 aromatic rings. The zero-order chi connectivity index (χ0) is 19.2. The number of hydrogen-bond acceptors (Lipinski definition) is 4. The number of hydrogen-bond donors (Lipinski definition) is 1. The van der Waals surface area contributed by atoms with E-state index in [1.165, 1.54) is 28.0 Å². The molecule has 1 aliphatic heterocycles. The van der Waals surface area contributed by atoms with Crippen LogP contribution in [0.2, 0.25) is 0 Å². The number of para-hydroxylation sites is 1. The number of fused-ring (bicyclic) bond motifs is 1. The van der Waals surface area contributed by atoms with Crippen LogP contribution in [0.25, 0.3) is 5.69 Å². The molecule has 27 heavy (non-hydrogen) atoms. The molecule has 1 amide bonds. The number of carbonyl (C=O) groups is 1. The van der Waals surface area contributed by atoms with E-state index in [1.807, 2.05) is 11.4 Å². The van der Waals surface area contributed by atoms with Crippen LogP contribution >= 0.6 is 11.3 Å². The molecule has 0 spiro atoms. The second-order valence-corrected chi connectivity index (χ2v) is 7.17. The van der Waals surface area contributed by atoms with Crippen LogP contribution in [0, 0.1) is 0 Å². The molecule has 3 heterocycles. The summed E-state index contributed by atoms with van der Waals surface area (Å²) in [5.41, 5.74) is -0.364. The first kappa shape index (κ1) is 17.6. The lowest BCUT2D eigenvalue weighted by Gasteiger charge is -2.26. The van der Waals surface area contributed by atoms with Gasteiger partial charge < -0.3 is 10.0 Å². The molecule has 0 aliphatic carbocycles. The van der Waals surface area contributed by atoms with Gasteiger partial charge in [-0.1, -0.05) is 12.1 Å². The van der Waals surface area contributed by atoms with Crippen LogP contribution < -0.4 is 0 Å². The molecular formula is C18H14F3N3O2S. The lowest BCUT2D eigenvalue weighted by Crippen LogP contribution is -2.35. The maximum atomic E-state index is 13.2. The minimum atomic E-state index is -4.58. The van der Waals surface area contributed by atoms with Gasteiger partial charge in [0.15, 0.2) is 11.4 Å². The predicted molar refractivity (Wildman–Crippen MR) is 93.0 cm³/mol. The lowest BCUT2D eigenvalue weighted by atomic mass is 10.1. The Morgan fingerprint density at radius 1 is 1.22 bits per heavy atom. The number of carbonyl (C=O) groups excluding carboxylic acids is 1. The molecule has 1 aromatic carbocycles. The van der Waals surface area contributed by atoms with Gasteiger partial charge in [-0.3, -0.25) is 4.79 Å². The van der Waals surface area contributed by atoms with Crippen LogP contribution in [0.3, 0.4) is 0 Å². The molecule has 0 radical (unpaired) electrons. The number of aromatic nitrogens is 2. The standard InChI is InChI=1S/C18H14F3N3O2S/c19-18(20,21)12-3-1-2-4-13(12)24-10-14(25)16(22-24)17(26)23-7-5-15-11(9-23)6-8-27-15/h1-4,6,8,10,25H,5,7,9H2. The molecule has 9 heteroatoms. The van der Waals surface area contributed by atoms with Crippen molar-refractivity contribution in [2.24, 2.45) is 0 Å². The Bertz CT molecular complexity index is 1010. The second-order valence-electron chi connectivity index (χ2n) is 6.17. The molecule has 4 rings (SSSR count). The van der Waals surface area contributed by atoms with Gasteiger partial charge in [-0.05, 0) is 35.6 Å². The van der Waals surface area contributed by atoms with Crippen molar-refractivity contribution in [3.05, 3.63) is 63.6 Å². The summed E-state index contributed by atoms with van der Waals surface area (Å²) < 4.78 is 40.6. The van der Waals surface area contributed by atoms with Crippen molar-refractivity contribution in [1.29, 1.82) is 0 Å². The van der Waals surface area contributed by atoms with Gasteiger partial charge in [0.25, 0.3) is 5.91 Å². The number of amides is 1. The first-order chi connectivity index (χ1) is 12.8. The molecule has 2 aromatic heterocycles. The van der Waals surface area contributed by atoms with Crippen molar-refractivity contribution in [2.75, 3.05) is 6.54 Å². The largest absolute Gasteiger partial charge is 0.504 e. The average molecular weight is 393 g/mol. The summed E-state index contributed by atoms with van der Waals surface area (Å²) in [5.74, 6) is -0.958. The van der Waals surface area contributed by atoms with Crippen LogP contribution in [0.15, 0.2) is 41.9 Å². The zero-order valence-electron chi connectivity index (χ0n) is 13.9. The molecule has 1 N–H and O–H groups in total. The van der Waals surface area contributed by atoms with E-state index in [2.05, 4.69) is 5.10 Å². The Morgan fingerprint density at radius 3 is 2.78 bits per heavy atom. The van der Waals surface area contributed by atoms with Crippen molar-refractivity contribution < 1.29 is 23.1 Å². The molecule has 0 unspecified atom stereocenters. The average Bonchev–Trinajstić information content (AvgIpc) is 3.26. The fourth-order valence-electron chi connectivity index (χ4n) is 3.13. The topological polar surface area (TPSA) is 58.4 Å². The molecule has 140 valence electrons. The van der Waals surface area contributed by atoms with Crippen molar-refractivity contribution in [3.8, 4) is 11.4 Å². The summed E-state index contributed by atoms with van der Waals surface area (Å²) in [7, 11) is 0. The molecule has 0 atom stereocenters. The minimum absolute atomic E-state index is 0.252. The van der Waals surface area contributed by atoms with Gasteiger partial charge in [0.1, 0.15) is 0 Å². The highest BCUT2D eigenvalue weighted by Crippen LogP contribution is 2.34. The summed E-state index contributed by atoms with van der Waals surface area (Å²) >= 11 is 1.63. The highest BCUT2D eigenvalue weighted by molar-refractivity contribution is 7.10. The van der Waals surface area contributed by atoms with Gasteiger partial charge in [0.2, 0.25) is 0 Å². The van der Waals surface area contributed by atoms with Crippen LogP contribution in [0.5, 0.6) is 5.75 Å². The first-order valence-electron chi connectivity index (χ1n) is 8.14. The number of nitrogens with zero attached hydrogens (tertiary/aromatic N) is 3. The Kier molecular flexibility index (Phi) is 4.18. The highest BCUT2D eigenvalue weighted by Gasteiger charge is 2.34. The number of benzene rings is 1. The van der Waals surface area contributed by atoms with Crippen LogP contribution in [-0.4, -0.2) is 32.2 Å². The SMILES string of the molecule is O=C(c1nn(-c2ccccc2C(F)(F)F)cc1O)N1CCc2sccc2C1. The van der Waals surface area contributed by atoms with E-state index in [1.54, 1.807) is 11.3 Å². The summed E-state index contributed by atoms with van der Waals surface area (Å²) in [6, 6.07) is 6.82. The van der Waals surface area contributed by atoms with Gasteiger partial charge in [-0.15, -0.1) is 11.3 Å². The maximum absolute atomic E-state index is 13.2. The molecule has 0 bridgehead atoms. The maximum Gasteiger partial charge on any atom is 0.418 e. The van der Waals surface area contributed by atoms with Gasteiger partial charge in [-0.25, -0.2) is 4.68 Å². The predicted octanol–water partition coefficient (Wildman–Crippen LogP) is 3.86. The number of halogens is 3. The molecule has 5 nitrogen and oxygen atoms in total. The molecule has 1 aliphatic rings. The number of alkyl halides is 3. The summed E-state index contributed by atoms with van der Waals surface area (Å²) in [4.78, 5) is 15.5. The first-order valence-corrected chi connectivity index (χ1v) is 9.02. The number of thiophene rings is 1. The van der Waals surface area contributed by atoms with Crippen LogP contribution in [0.1, 0.15) is 26.5 Å². The Hall–Kier alpha value is -2.81. The van der Waals surface area contributed by atoms with Crippen molar-refractivity contribution in [2.45, 2.75) is 19.1 Å². The third kappa shape index (κ3) is 3.18. The Balaban J connectivity index is 1.66. The highest BCUT2D eigenvalue weighted by atomic mass is 32.1. The Labute approximate surface area is 156 Å². The number of rotatable bonds is 2. The quantitative estimate of drug-likeness (QED) is 0.719. The van der Waals surface area contributed by atoms with Gasteiger partial charge in [0.05, 0.1) is 17.4 Å². The van der Waals surface area contributed by atoms with Gasteiger partial charge >= 0.3 is 6.18 Å². The summed E-state index contributed by atoms with van der Waals surface area (Å²) in [6.45, 7) is 0.862. The normalized spacial score (nSPS) is 14.3.